The molecule has 0 radical (unpaired) electrons. The highest BCUT2D eigenvalue weighted by Gasteiger charge is 2.20. The summed E-state index contributed by atoms with van der Waals surface area (Å²) in [6.07, 6.45) is 0. The monoisotopic (exact) mass is 217 g/mol. The van der Waals surface area contributed by atoms with Crippen LogP contribution in [-0.4, -0.2) is 40.1 Å². The Labute approximate surface area is 88.0 Å². The zero-order valence-electron chi connectivity index (χ0n) is 8.61. The molecule has 80 valence electrons. The zero-order valence-corrected chi connectivity index (χ0v) is 9.43. The van der Waals surface area contributed by atoms with Gasteiger partial charge in [-0.15, -0.1) is 0 Å². The molecule has 0 aromatic heterocycles. The van der Waals surface area contributed by atoms with Crippen molar-refractivity contribution < 1.29 is 14.7 Å². The van der Waals surface area contributed by atoms with Gasteiger partial charge < -0.3 is 10.0 Å². The van der Waals surface area contributed by atoms with E-state index in [4.69, 9.17) is 5.11 Å². The maximum absolute atomic E-state index is 11.3. The van der Waals surface area contributed by atoms with E-state index in [0.717, 1.165) is 11.8 Å². The summed E-state index contributed by atoms with van der Waals surface area (Å²) in [7, 11) is 1.54. The molecule has 0 aliphatic carbocycles. The smallest absolute Gasteiger partial charge is 0.220 e. The predicted molar refractivity (Wildman–Crippen MR) is 56.7 cm³/mol. The van der Waals surface area contributed by atoms with Crippen LogP contribution >= 0.6 is 11.8 Å². The number of likely N-dealkylation sites (N-methyl/N-ethyl adjacent to an activating group) is 1. The first kappa shape index (κ1) is 13.2. The number of carbonyl (C=O) groups is 2. The summed E-state index contributed by atoms with van der Waals surface area (Å²) in [5.74, 6) is -0.189. The van der Waals surface area contributed by atoms with E-state index < -0.39 is 5.37 Å². The summed E-state index contributed by atoms with van der Waals surface area (Å²) in [4.78, 5) is 23.5. The fourth-order valence-corrected chi connectivity index (χ4v) is 1.50. The van der Waals surface area contributed by atoms with Crippen LogP contribution in [0, 0.1) is 0 Å². The number of carbonyl (C=O) groups excluding carboxylic acids is 2. The molecular formula is C9H15NO3S. The molecule has 0 bridgehead atoms. The van der Waals surface area contributed by atoms with Crippen LogP contribution in [0.2, 0.25) is 0 Å². The Morgan fingerprint density at radius 1 is 1.50 bits per heavy atom. The summed E-state index contributed by atoms with van der Waals surface area (Å²) in [5, 5.41) is 8.24. The molecule has 0 aliphatic rings. The van der Waals surface area contributed by atoms with Crippen molar-refractivity contribution in [1.29, 1.82) is 0 Å². The van der Waals surface area contributed by atoms with Crippen molar-refractivity contribution in [2.24, 2.45) is 0 Å². The first-order chi connectivity index (χ1) is 6.40. The first-order valence-corrected chi connectivity index (χ1v) is 4.98. The highest BCUT2D eigenvalue weighted by Crippen LogP contribution is 2.18. The third-order valence-electron chi connectivity index (χ3n) is 1.68. The van der Waals surface area contributed by atoms with E-state index in [2.05, 4.69) is 6.58 Å². The lowest BCUT2D eigenvalue weighted by Gasteiger charge is -2.23. The van der Waals surface area contributed by atoms with E-state index >= 15 is 0 Å². The van der Waals surface area contributed by atoms with Crippen LogP contribution in [-0.2, 0) is 9.59 Å². The van der Waals surface area contributed by atoms with Crippen molar-refractivity contribution in [3.8, 4) is 0 Å². The van der Waals surface area contributed by atoms with Gasteiger partial charge in [0.25, 0.3) is 0 Å². The molecule has 0 aromatic carbocycles. The second-order valence-electron chi connectivity index (χ2n) is 2.95. The number of aliphatic hydroxyl groups is 1. The molecule has 0 aliphatic heterocycles. The Hall–Kier alpha value is -0.810. The van der Waals surface area contributed by atoms with Crippen molar-refractivity contribution in [2.75, 3.05) is 13.7 Å². The minimum absolute atomic E-state index is 0.189. The molecule has 0 aromatic rings. The standard InChI is InChI=1S/C9H15NO3S/c1-6(2)9(13)14-8(5-11)10(4)7(3)12/h8,11H,1,5H2,2-4H3. The Morgan fingerprint density at radius 3 is 2.29 bits per heavy atom. The van der Waals surface area contributed by atoms with Crippen LogP contribution in [0.25, 0.3) is 0 Å². The minimum Gasteiger partial charge on any atom is -0.393 e. The third-order valence-corrected chi connectivity index (χ3v) is 2.98. The second kappa shape index (κ2) is 5.82. The van der Waals surface area contributed by atoms with Crippen LogP contribution < -0.4 is 0 Å². The fraction of sp³-hybridized carbons (Fsp3) is 0.556. The van der Waals surface area contributed by atoms with Gasteiger partial charge in [-0.3, -0.25) is 9.59 Å². The molecule has 5 heteroatoms. The molecule has 1 atom stereocenters. The van der Waals surface area contributed by atoms with Gasteiger partial charge in [0, 0.05) is 14.0 Å². The lowest BCUT2D eigenvalue weighted by atomic mass is 10.4. The van der Waals surface area contributed by atoms with E-state index in [0.29, 0.717) is 5.57 Å². The van der Waals surface area contributed by atoms with Gasteiger partial charge in [-0.2, -0.15) is 0 Å². The van der Waals surface area contributed by atoms with Crippen LogP contribution in [0.5, 0.6) is 0 Å². The SMILES string of the molecule is C=C(C)C(=O)SC(CO)N(C)C(C)=O. The van der Waals surface area contributed by atoms with Gasteiger partial charge in [0.2, 0.25) is 11.0 Å². The number of hydrogen-bond acceptors (Lipinski definition) is 4. The third kappa shape index (κ3) is 3.93. The van der Waals surface area contributed by atoms with E-state index in [1.807, 2.05) is 0 Å². The van der Waals surface area contributed by atoms with E-state index in [1.54, 1.807) is 14.0 Å². The largest absolute Gasteiger partial charge is 0.393 e. The van der Waals surface area contributed by atoms with Gasteiger partial charge in [0.15, 0.2) is 0 Å². The molecule has 0 saturated carbocycles. The van der Waals surface area contributed by atoms with Crippen molar-refractivity contribution in [1.82, 2.24) is 4.90 Å². The van der Waals surface area contributed by atoms with Crippen LogP contribution in [0.4, 0.5) is 0 Å². The summed E-state index contributed by atoms with van der Waals surface area (Å²) < 4.78 is 0. The van der Waals surface area contributed by atoms with Crippen molar-refractivity contribution in [3.05, 3.63) is 12.2 Å². The van der Waals surface area contributed by atoms with Gasteiger partial charge in [0.1, 0.15) is 5.37 Å². The number of thioether (sulfide) groups is 1. The number of nitrogens with zero attached hydrogens (tertiary/aromatic N) is 1. The topological polar surface area (TPSA) is 57.6 Å². The van der Waals surface area contributed by atoms with Gasteiger partial charge in [-0.05, 0) is 12.5 Å². The van der Waals surface area contributed by atoms with Crippen molar-refractivity contribution in [3.63, 3.8) is 0 Å². The quantitative estimate of drug-likeness (QED) is 0.554. The molecule has 1 amide bonds. The average molecular weight is 217 g/mol. The number of amides is 1. The van der Waals surface area contributed by atoms with E-state index in [1.165, 1.54) is 11.8 Å². The van der Waals surface area contributed by atoms with Gasteiger partial charge in [-0.1, -0.05) is 18.3 Å². The average Bonchev–Trinajstić information content (AvgIpc) is 2.12. The number of aliphatic hydroxyl groups excluding tert-OH is 1. The molecule has 0 spiro atoms. The van der Waals surface area contributed by atoms with Crippen LogP contribution in [0.15, 0.2) is 12.2 Å². The molecule has 0 rings (SSSR count). The van der Waals surface area contributed by atoms with E-state index in [9.17, 15) is 9.59 Å². The van der Waals surface area contributed by atoms with Crippen LogP contribution in [0.3, 0.4) is 0 Å². The summed E-state index contributed by atoms with van der Waals surface area (Å²) >= 11 is 0.906. The second-order valence-corrected chi connectivity index (χ2v) is 4.10. The molecule has 1 unspecified atom stereocenters. The van der Waals surface area contributed by atoms with Gasteiger partial charge >= 0.3 is 0 Å². The molecule has 0 heterocycles. The molecule has 1 N–H and O–H groups in total. The molecular weight excluding hydrogens is 202 g/mol. The zero-order chi connectivity index (χ0) is 11.3. The maximum atomic E-state index is 11.3. The Morgan fingerprint density at radius 2 is 2.00 bits per heavy atom. The first-order valence-electron chi connectivity index (χ1n) is 4.11. The lowest BCUT2D eigenvalue weighted by Crippen LogP contribution is -2.36. The van der Waals surface area contributed by atoms with E-state index in [-0.39, 0.29) is 17.6 Å². The highest BCUT2D eigenvalue weighted by molar-refractivity contribution is 8.14. The summed E-state index contributed by atoms with van der Waals surface area (Å²) in [6.45, 7) is 6.22. The van der Waals surface area contributed by atoms with Gasteiger partial charge in [0.05, 0.1) is 6.61 Å². The predicted octanol–water partition coefficient (Wildman–Crippen LogP) is 0.619. The number of hydrogen-bond donors (Lipinski definition) is 1. The summed E-state index contributed by atoms with van der Waals surface area (Å²) in [5.41, 5.74) is 0.408. The summed E-state index contributed by atoms with van der Waals surface area (Å²) in [6, 6.07) is 0. The normalized spacial score (nSPS) is 12.0. The minimum atomic E-state index is -0.531. The molecule has 0 saturated heterocycles. The molecule has 14 heavy (non-hydrogen) atoms. The van der Waals surface area contributed by atoms with Crippen molar-refractivity contribution >= 4 is 22.8 Å². The Kier molecular flexibility index (Phi) is 5.49. The van der Waals surface area contributed by atoms with Crippen molar-refractivity contribution in [2.45, 2.75) is 19.2 Å². The Balaban J connectivity index is 4.36. The number of rotatable bonds is 4. The van der Waals surface area contributed by atoms with Gasteiger partial charge in [-0.25, -0.2) is 0 Å². The maximum Gasteiger partial charge on any atom is 0.220 e. The molecule has 0 fully saturated rings. The van der Waals surface area contributed by atoms with Crippen LogP contribution in [0.1, 0.15) is 13.8 Å². The highest BCUT2D eigenvalue weighted by atomic mass is 32.2. The Bertz CT molecular complexity index is 252. The molecule has 4 nitrogen and oxygen atoms in total. The lowest BCUT2D eigenvalue weighted by molar-refractivity contribution is -0.128. The fourth-order valence-electron chi connectivity index (χ4n) is 0.666.